The summed E-state index contributed by atoms with van der Waals surface area (Å²) in [6, 6.07) is 10.3. The molecule has 1 aromatic carbocycles. The van der Waals surface area contributed by atoms with E-state index in [0.717, 1.165) is 5.52 Å². The molecule has 0 atom stereocenters. The molecule has 0 saturated carbocycles. The second-order valence-electron chi connectivity index (χ2n) is 2.54. The molecule has 12 heavy (non-hydrogen) atoms. The summed E-state index contributed by atoms with van der Waals surface area (Å²) < 4.78 is 0. The monoisotopic (exact) mass is 175 g/mol. The third kappa shape index (κ3) is 1.18. The van der Waals surface area contributed by atoms with Crippen LogP contribution in [0.2, 0.25) is 0 Å². The van der Waals surface area contributed by atoms with Gasteiger partial charge < -0.3 is 0 Å². The number of benzene rings is 1. The first-order chi connectivity index (χ1) is 5.92. The molecule has 2 heteroatoms. The summed E-state index contributed by atoms with van der Waals surface area (Å²) >= 11 is 1.74. The second kappa shape index (κ2) is 3.15. The quantitative estimate of drug-likeness (QED) is 0.618. The zero-order chi connectivity index (χ0) is 8.39. The van der Waals surface area contributed by atoms with Crippen LogP contribution in [-0.4, -0.2) is 11.2 Å². The van der Waals surface area contributed by atoms with Crippen LogP contribution in [0.15, 0.2) is 41.4 Å². The minimum Gasteiger partial charge on any atom is -0.255 e. The summed E-state index contributed by atoms with van der Waals surface area (Å²) in [5, 5.41) is 1.21. The average molecular weight is 175 g/mol. The van der Waals surface area contributed by atoms with Crippen LogP contribution >= 0.6 is 11.8 Å². The van der Waals surface area contributed by atoms with Crippen molar-refractivity contribution in [3.63, 3.8) is 0 Å². The van der Waals surface area contributed by atoms with E-state index in [0.29, 0.717) is 0 Å². The van der Waals surface area contributed by atoms with Gasteiger partial charge in [0, 0.05) is 16.5 Å². The number of hydrogen-bond donors (Lipinski definition) is 0. The Bertz CT molecular complexity index is 392. The lowest BCUT2D eigenvalue weighted by Crippen LogP contribution is -1.79. The van der Waals surface area contributed by atoms with Crippen LogP contribution in [0.3, 0.4) is 0 Å². The largest absolute Gasteiger partial charge is 0.255 e. The highest BCUT2D eigenvalue weighted by atomic mass is 32.2. The Hall–Kier alpha value is -1.02. The van der Waals surface area contributed by atoms with Crippen molar-refractivity contribution in [2.45, 2.75) is 4.90 Å². The van der Waals surface area contributed by atoms with E-state index in [1.54, 1.807) is 11.8 Å². The number of para-hydroxylation sites is 1. The second-order valence-corrected chi connectivity index (χ2v) is 3.38. The lowest BCUT2D eigenvalue weighted by atomic mass is 10.2. The van der Waals surface area contributed by atoms with Crippen molar-refractivity contribution in [2.24, 2.45) is 0 Å². The molecule has 0 unspecified atom stereocenters. The number of rotatable bonds is 1. The first-order valence-electron chi connectivity index (χ1n) is 3.79. The normalized spacial score (nSPS) is 10.4. The van der Waals surface area contributed by atoms with E-state index >= 15 is 0 Å². The van der Waals surface area contributed by atoms with E-state index in [1.807, 2.05) is 12.3 Å². The van der Waals surface area contributed by atoms with E-state index in [1.165, 1.54) is 10.3 Å². The van der Waals surface area contributed by atoms with Crippen LogP contribution in [0.5, 0.6) is 0 Å². The smallest absolute Gasteiger partial charge is 0.0837 e. The Morgan fingerprint density at radius 1 is 1.17 bits per heavy atom. The SMILES string of the molecule is CSc1cccc2cccnc12. The molecule has 0 aliphatic carbocycles. The lowest BCUT2D eigenvalue weighted by Gasteiger charge is -2.00. The van der Waals surface area contributed by atoms with E-state index in [2.05, 4.69) is 35.5 Å². The number of thioether (sulfide) groups is 1. The van der Waals surface area contributed by atoms with E-state index in [9.17, 15) is 0 Å². The third-order valence-electron chi connectivity index (χ3n) is 1.82. The maximum absolute atomic E-state index is 4.33. The zero-order valence-corrected chi connectivity index (χ0v) is 7.64. The van der Waals surface area contributed by atoms with Crippen LogP contribution in [-0.2, 0) is 0 Å². The number of aromatic nitrogens is 1. The van der Waals surface area contributed by atoms with Crippen molar-refractivity contribution in [2.75, 3.05) is 6.26 Å². The van der Waals surface area contributed by atoms with Crippen LogP contribution in [0.25, 0.3) is 10.9 Å². The highest BCUT2D eigenvalue weighted by Gasteiger charge is 1.97. The molecule has 0 spiro atoms. The summed E-state index contributed by atoms with van der Waals surface area (Å²) in [6.07, 6.45) is 3.91. The van der Waals surface area contributed by atoms with Gasteiger partial charge in [0.15, 0.2) is 0 Å². The maximum Gasteiger partial charge on any atom is 0.0837 e. The van der Waals surface area contributed by atoms with Gasteiger partial charge in [0.25, 0.3) is 0 Å². The number of nitrogens with zero attached hydrogens (tertiary/aromatic N) is 1. The number of hydrogen-bond acceptors (Lipinski definition) is 2. The van der Waals surface area contributed by atoms with Gasteiger partial charge in [0.05, 0.1) is 5.52 Å². The maximum atomic E-state index is 4.33. The fourth-order valence-electron chi connectivity index (χ4n) is 1.24. The topological polar surface area (TPSA) is 12.9 Å². The van der Waals surface area contributed by atoms with Crippen molar-refractivity contribution in [3.05, 3.63) is 36.5 Å². The van der Waals surface area contributed by atoms with Gasteiger partial charge >= 0.3 is 0 Å². The van der Waals surface area contributed by atoms with Crippen LogP contribution in [0.4, 0.5) is 0 Å². The summed E-state index contributed by atoms with van der Waals surface area (Å²) in [7, 11) is 0. The molecule has 0 aliphatic heterocycles. The average Bonchev–Trinajstić information content (AvgIpc) is 2.17. The molecular formula is C10H9NS. The summed E-state index contributed by atoms with van der Waals surface area (Å²) in [5.74, 6) is 0. The third-order valence-corrected chi connectivity index (χ3v) is 2.58. The van der Waals surface area contributed by atoms with Crippen molar-refractivity contribution >= 4 is 22.7 Å². The molecule has 0 saturated heterocycles. The molecule has 0 N–H and O–H groups in total. The molecule has 0 fully saturated rings. The van der Waals surface area contributed by atoms with Gasteiger partial charge in [-0.2, -0.15) is 0 Å². The van der Waals surface area contributed by atoms with Gasteiger partial charge in [0.1, 0.15) is 0 Å². The Morgan fingerprint density at radius 2 is 2.00 bits per heavy atom. The van der Waals surface area contributed by atoms with Crippen LogP contribution in [0, 0.1) is 0 Å². The fraction of sp³-hybridized carbons (Fsp3) is 0.100. The van der Waals surface area contributed by atoms with Crippen LogP contribution < -0.4 is 0 Å². The first-order valence-corrected chi connectivity index (χ1v) is 5.02. The molecule has 1 heterocycles. The van der Waals surface area contributed by atoms with Crippen molar-refractivity contribution in [1.82, 2.24) is 4.98 Å². The molecular weight excluding hydrogens is 166 g/mol. The van der Waals surface area contributed by atoms with Gasteiger partial charge in [-0.3, -0.25) is 4.98 Å². The van der Waals surface area contributed by atoms with Gasteiger partial charge in [-0.15, -0.1) is 11.8 Å². The molecule has 0 bridgehead atoms. The Labute approximate surface area is 75.8 Å². The molecule has 2 rings (SSSR count). The lowest BCUT2D eigenvalue weighted by molar-refractivity contribution is 1.35. The van der Waals surface area contributed by atoms with E-state index in [4.69, 9.17) is 0 Å². The molecule has 60 valence electrons. The summed E-state index contributed by atoms with van der Waals surface area (Å²) in [5.41, 5.74) is 1.10. The highest BCUT2D eigenvalue weighted by molar-refractivity contribution is 7.98. The molecule has 2 aromatic rings. The van der Waals surface area contributed by atoms with Gasteiger partial charge in [0.2, 0.25) is 0 Å². The standard InChI is InChI=1S/C10H9NS/c1-12-9-6-2-4-8-5-3-7-11-10(8)9/h2-7H,1H3. The Balaban J connectivity index is 2.79. The van der Waals surface area contributed by atoms with Gasteiger partial charge in [-0.05, 0) is 18.4 Å². The van der Waals surface area contributed by atoms with Crippen molar-refractivity contribution in [1.29, 1.82) is 0 Å². The minimum atomic E-state index is 1.10. The molecule has 0 aliphatic rings. The minimum absolute atomic E-state index is 1.10. The molecule has 1 nitrogen and oxygen atoms in total. The van der Waals surface area contributed by atoms with Gasteiger partial charge in [-0.25, -0.2) is 0 Å². The highest BCUT2D eigenvalue weighted by Crippen LogP contribution is 2.23. The predicted octanol–water partition coefficient (Wildman–Crippen LogP) is 2.96. The van der Waals surface area contributed by atoms with Crippen LogP contribution in [0.1, 0.15) is 0 Å². The number of fused-ring (bicyclic) bond motifs is 1. The van der Waals surface area contributed by atoms with Crippen molar-refractivity contribution in [3.8, 4) is 0 Å². The Morgan fingerprint density at radius 3 is 2.83 bits per heavy atom. The predicted molar refractivity (Wildman–Crippen MR) is 53.5 cm³/mol. The molecule has 0 amide bonds. The summed E-state index contributed by atoms with van der Waals surface area (Å²) in [4.78, 5) is 5.57. The Kier molecular flexibility index (Phi) is 2.00. The molecule has 1 aromatic heterocycles. The number of pyridine rings is 1. The zero-order valence-electron chi connectivity index (χ0n) is 6.82. The first kappa shape index (κ1) is 7.62. The van der Waals surface area contributed by atoms with Gasteiger partial charge in [-0.1, -0.05) is 18.2 Å². The molecule has 0 radical (unpaired) electrons. The fourth-order valence-corrected chi connectivity index (χ4v) is 1.82. The van der Waals surface area contributed by atoms with E-state index in [-0.39, 0.29) is 0 Å². The van der Waals surface area contributed by atoms with Crippen molar-refractivity contribution < 1.29 is 0 Å². The van der Waals surface area contributed by atoms with E-state index < -0.39 is 0 Å². The summed E-state index contributed by atoms with van der Waals surface area (Å²) in [6.45, 7) is 0.